The van der Waals surface area contributed by atoms with Crippen molar-refractivity contribution in [1.29, 1.82) is 0 Å². The van der Waals surface area contributed by atoms with Gasteiger partial charge in [-0.05, 0) is 36.6 Å². The molecule has 0 saturated carbocycles. The molecule has 1 aromatic heterocycles. The van der Waals surface area contributed by atoms with Crippen LogP contribution in [0.4, 0.5) is 0 Å². The van der Waals surface area contributed by atoms with Gasteiger partial charge in [-0.2, -0.15) is 0 Å². The second-order valence-electron chi connectivity index (χ2n) is 8.64. The van der Waals surface area contributed by atoms with Crippen molar-refractivity contribution in [3.63, 3.8) is 0 Å². The smallest absolute Gasteiger partial charge is 0.253 e. The van der Waals surface area contributed by atoms with E-state index in [9.17, 15) is 9.59 Å². The SMILES string of the molecule is CNC(=O)C1(Cc2cc(-c3ccccc3C)no2)CCN(C(=O)c2ccc(COC)cc2)C1. The average Bonchev–Trinajstić information content (AvgIpc) is 3.47. The minimum atomic E-state index is -0.761. The number of rotatable bonds is 7. The summed E-state index contributed by atoms with van der Waals surface area (Å²) in [6.07, 6.45) is 0.933. The lowest BCUT2D eigenvalue weighted by atomic mass is 9.81. The molecule has 0 aliphatic carbocycles. The molecule has 1 saturated heterocycles. The molecule has 1 atom stereocenters. The Bertz CT molecular complexity index is 1140. The van der Waals surface area contributed by atoms with E-state index >= 15 is 0 Å². The number of nitrogens with zero attached hydrogens (tertiary/aromatic N) is 2. The second kappa shape index (κ2) is 9.58. The highest BCUT2D eigenvalue weighted by molar-refractivity contribution is 5.95. The molecule has 7 nitrogen and oxygen atoms in total. The summed E-state index contributed by atoms with van der Waals surface area (Å²) >= 11 is 0. The molecule has 0 bridgehead atoms. The van der Waals surface area contributed by atoms with E-state index < -0.39 is 5.41 Å². The molecular weight excluding hydrogens is 418 g/mol. The molecule has 2 amide bonds. The van der Waals surface area contributed by atoms with Crippen molar-refractivity contribution in [1.82, 2.24) is 15.4 Å². The maximum Gasteiger partial charge on any atom is 0.253 e. The lowest BCUT2D eigenvalue weighted by Gasteiger charge is -2.26. The number of likely N-dealkylation sites (tertiary alicyclic amines) is 1. The zero-order chi connectivity index (χ0) is 23.4. The summed E-state index contributed by atoms with van der Waals surface area (Å²) in [4.78, 5) is 27.8. The molecule has 4 rings (SSSR count). The van der Waals surface area contributed by atoms with Crippen LogP contribution in [-0.4, -0.2) is 49.1 Å². The Balaban J connectivity index is 1.52. The highest BCUT2D eigenvalue weighted by atomic mass is 16.5. The minimum Gasteiger partial charge on any atom is -0.380 e. The molecule has 33 heavy (non-hydrogen) atoms. The third kappa shape index (κ3) is 4.68. The van der Waals surface area contributed by atoms with E-state index in [1.165, 1.54) is 0 Å². The number of carbonyl (C=O) groups excluding carboxylic acids is 2. The van der Waals surface area contributed by atoms with E-state index in [1.807, 2.05) is 61.5 Å². The van der Waals surface area contributed by atoms with Gasteiger partial charge in [-0.25, -0.2) is 0 Å². The molecule has 1 aliphatic rings. The van der Waals surface area contributed by atoms with Gasteiger partial charge in [0.25, 0.3) is 5.91 Å². The fourth-order valence-corrected chi connectivity index (χ4v) is 4.53. The van der Waals surface area contributed by atoms with E-state index in [0.29, 0.717) is 43.9 Å². The van der Waals surface area contributed by atoms with Crippen LogP contribution in [0.25, 0.3) is 11.3 Å². The summed E-state index contributed by atoms with van der Waals surface area (Å²) in [5.41, 5.74) is 3.70. The average molecular weight is 448 g/mol. The van der Waals surface area contributed by atoms with Crippen LogP contribution < -0.4 is 5.32 Å². The number of ether oxygens (including phenoxy) is 1. The third-order valence-corrected chi connectivity index (χ3v) is 6.35. The first kappa shape index (κ1) is 22.7. The number of amides is 2. The molecule has 0 radical (unpaired) electrons. The summed E-state index contributed by atoms with van der Waals surface area (Å²) in [5, 5.41) is 7.02. The molecule has 0 spiro atoms. The van der Waals surface area contributed by atoms with Gasteiger partial charge in [-0.3, -0.25) is 9.59 Å². The Morgan fingerprint density at radius 2 is 1.94 bits per heavy atom. The van der Waals surface area contributed by atoms with Gasteiger partial charge in [-0.1, -0.05) is 41.6 Å². The van der Waals surface area contributed by atoms with Crippen LogP contribution in [0.2, 0.25) is 0 Å². The lowest BCUT2D eigenvalue weighted by molar-refractivity contribution is -0.130. The van der Waals surface area contributed by atoms with Crippen molar-refractivity contribution in [3.05, 3.63) is 77.0 Å². The van der Waals surface area contributed by atoms with E-state index in [4.69, 9.17) is 9.26 Å². The van der Waals surface area contributed by atoms with E-state index in [0.717, 1.165) is 22.4 Å². The molecule has 7 heteroatoms. The molecule has 1 unspecified atom stereocenters. The van der Waals surface area contributed by atoms with Crippen molar-refractivity contribution in [2.45, 2.75) is 26.4 Å². The van der Waals surface area contributed by atoms with Gasteiger partial charge in [0, 0.05) is 50.9 Å². The van der Waals surface area contributed by atoms with Crippen LogP contribution in [-0.2, 0) is 22.6 Å². The summed E-state index contributed by atoms with van der Waals surface area (Å²) in [6, 6.07) is 17.3. The summed E-state index contributed by atoms with van der Waals surface area (Å²) in [6.45, 7) is 3.36. The number of nitrogens with one attached hydrogen (secondary N) is 1. The zero-order valence-electron chi connectivity index (χ0n) is 19.3. The highest BCUT2D eigenvalue weighted by Crippen LogP contribution is 2.36. The number of aromatic nitrogens is 1. The number of methoxy groups -OCH3 is 1. The summed E-state index contributed by atoms with van der Waals surface area (Å²) < 4.78 is 10.8. The van der Waals surface area contributed by atoms with Gasteiger partial charge < -0.3 is 19.5 Å². The van der Waals surface area contributed by atoms with Gasteiger partial charge in [0.1, 0.15) is 11.5 Å². The van der Waals surface area contributed by atoms with E-state index in [2.05, 4.69) is 10.5 Å². The van der Waals surface area contributed by atoms with Crippen LogP contribution in [0.15, 0.2) is 59.1 Å². The molecule has 172 valence electrons. The van der Waals surface area contributed by atoms with Crippen molar-refractivity contribution in [2.24, 2.45) is 5.41 Å². The third-order valence-electron chi connectivity index (χ3n) is 6.35. The van der Waals surface area contributed by atoms with Crippen molar-refractivity contribution < 1.29 is 18.8 Å². The molecular formula is C26H29N3O4. The van der Waals surface area contributed by atoms with Gasteiger partial charge >= 0.3 is 0 Å². The van der Waals surface area contributed by atoms with Crippen LogP contribution >= 0.6 is 0 Å². The predicted molar refractivity (Wildman–Crippen MR) is 125 cm³/mol. The van der Waals surface area contributed by atoms with Crippen LogP contribution in [0.5, 0.6) is 0 Å². The quantitative estimate of drug-likeness (QED) is 0.598. The van der Waals surface area contributed by atoms with Gasteiger partial charge in [0.05, 0.1) is 12.0 Å². The molecule has 1 aliphatic heterocycles. The number of hydrogen-bond donors (Lipinski definition) is 1. The van der Waals surface area contributed by atoms with Gasteiger partial charge in [0.15, 0.2) is 0 Å². The first-order chi connectivity index (χ1) is 16.0. The number of benzene rings is 2. The van der Waals surface area contributed by atoms with Crippen molar-refractivity contribution >= 4 is 11.8 Å². The Morgan fingerprint density at radius 3 is 2.64 bits per heavy atom. The zero-order valence-corrected chi connectivity index (χ0v) is 19.3. The monoisotopic (exact) mass is 447 g/mol. The lowest BCUT2D eigenvalue weighted by Crippen LogP contribution is -2.44. The van der Waals surface area contributed by atoms with E-state index in [1.54, 1.807) is 19.1 Å². The molecule has 2 heterocycles. The fourth-order valence-electron chi connectivity index (χ4n) is 4.53. The van der Waals surface area contributed by atoms with Crippen LogP contribution in [0, 0.1) is 12.3 Å². The first-order valence-electron chi connectivity index (χ1n) is 11.1. The van der Waals surface area contributed by atoms with Crippen molar-refractivity contribution in [3.8, 4) is 11.3 Å². The second-order valence-corrected chi connectivity index (χ2v) is 8.64. The van der Waals surface area contributed by atoms with Gasteiger partial charge in [-0.15, -0.1) is 0 Å². The Kier molecular flexibility index (Phi) is 6.60. The standard InChI is InChI=1S/C26H29N3O4/c1-18-6-4-5-7-22(18)23-14-21(33-28-23)15-26(25(31)27-2)12-13-29(17-26)24(30)20-10-8-19(9-11-20)16-32-3/h4-11,14H,12-13,15-17H2,1-3H3,(H,27,31). The predicted octanol–water partition coefficient (Wildman–Crippen LogP) is 3.62. The number of carbonyl (C=O) groups is 2. The van der Waals surface area contributed by atoms with Crippen LogP contribution in [0.3, 0.4) is 0 Å². The molecule has 1 fully saturated rings. The molecule has 1 N–H and O–H groups in total. The highest BCUT2D eigenvalue weighted by Gasteiger charge is 2.46. The van der Waals surface area contributed by atoms with E-state index in [-0.39, 0.29) is 11.8 Å². The number of hydrogen-bond acceptors (Lipinski definition) is 5. The maximum atomic E-state index is 13.1. The first-order valence-corrected chi connectivity index (χ1v) is 11.1. The summed E-state index contributed by atoms with van der Waals surface area (Å²) in [7, 11) is 3.27. The largest absolute Gasteiger partial charge is 0.380 e. The molecule has 3 aromatic rings. The maximum absolute atomic E-state index is 13.1. The Morgan fingerprint density at radius 1 is 1.18 bits per heavy atom. The Hall–Kier alpha value is -3.45. The van der Waals surface area contributed by atoms with Crippen molar-refractivity contribution in [2.75, 3.05) is 27.2 Å². The molecule has 2 aromatic carbocycles. The fraction of sp³-hybridized carbons (Fsp3) is 0.346. The number of aryl methyl sites for hydroxylation is 1. The normalized spacial score (nSPS) is 17.8. The van der Waals surface area contributed by atoms with Crippen LogP contribution in [0.1, 0.15) is 33.7 Å². The summed E-state index contributed by atoms with van der Waals surface area (Å²) in [5.74, 6) is 0.458. The minimum absolute atomic E-state index is 0.0806. The van der Waals surface area contributed by atoms with Gasteiger partial charge in [0.2, 0.25) is 5.91 Å². The Labute approximate surface area is 193 Å². The topological polar surface area (TPSA) is 84.7 Å².